The van der Waals surface area contributed by atoms with Gasteiger partial charge in [-0.15, -0.1) is 0 Å². The second-order valence-corrected chi connectivity index (χ2v) is 4.58. The van der Waals surface area contributed by atoms with Gasteiger partial charge in [-0.1, -0.05) is 34.8 Å². The van der Waals surface area contributed by atoms with E-state index in [0.29, 0.717) is 0 Å². The van der Waals surface area contributed by atoms with Crippen LogP contribution in [-0.2, 0) is 0 Å². The van der Waals surface area contributed by atoms with Crippen molar-refractivity contribution in [2.45, 2.75) is 19.3 Å². The predicted molar refractivity (Wildman–Crippen MR) is 60.0 cm³/mol. The lowest BCUT2D eigenvalue weighted by atomic mass is 10.2. The Hall–Kier alpha value is -0.500. The Bertz CT molecular complexity index is 281. The van der Waals surface area contributed by atoms with Gasteiger partial charge in [-0.25, -0.2) is 0 Å². The number of hydrogen-bond acceptors (Lipinski definition) is 1. The van der Waals surface area contributed by atoms with Crippen LogP contribution in [0.25, 0.3) is 0 Å². The average Bonchev–Trinajstić information content (AvgIpc) is 2.88. The number of nitrogens with one attached hydrogen (secondary N) is 1. The van der Waals surface area contributed by atoms with E-state index in [1.54, 1.807) is 0 Å². The maximum atomic E-state index is 3.46. The average molecular weight is 240 g/mol. The first-order chi connectivity index (χ1) is 6.34. The lowest BCUT2D eigenvalue weighted by molar-refractivity contribution is 0.760. The van der Waals surface area contributed by atoms with Gasteiger partial charge < -0.3 is 5.32 Å². The molecule has 0 unspecified atom stereocenters. The van der Waals surface area contributed by atoms with Gasteiger partial charge in [0.2, 0.25) is 0 Å². The summed E-state index contributed by atoms with van der Waals surface area (Å²) in [5, 5.41) is 3.43. The second-order valence-electron chi connectivity index (χ2n) is 3.67. The third-order valence-electron chi connectivity index (χ3n) is 2.40. The highest BCUT2D eigenvalue weighted by Gasteiger charge is 2.19. The molecule has 1 aromatic rings. The first kappa shape index (κ1) is 9.07. The third-order valence-corrected chi connectivity index (χ3v) is 2.90. The van der Waals surface area contributed by atoms with Crippen molar-refractivity contribution in [2.75, 3.05) is 11.9 Å². The molecule has 1 nitrogen and oxygen atoms in total. The lowest BCUT2D eigenvalue weighted by Gasteiger charge is -2.05. The summed E-state index contributed by atoms with van der Waals surface area (Å²) in [4.78, 5) is 0. The third kappa shape index (κ3) is 3.03. The van der Waals surface area contributed by atoms with Gasteiger partial charge >= 0.3 is 0 Å². The quantitative estimate of drug-likeness (QED) is 0.846. The van der Waals surface area contributed by atoms with Crippen molar-refractivity contribution >= 4 is 21.6 Å². The molecule has 0 aliphatic heterocycles. The molecule has 13 heavy (non-hydrogen) atoms. The number of hydrogen-bond donors (Lipinski definition) is 1. The fourth-order valence-corrected chi connectivity index (χ4v) is 1.82. The van der Waals surface area contributed by atoms with Gasteiger partial charge in [0.25, 0.3) is 0 Å². The molecule has 2 heteroatoms. The Morgan fingerprint density at radius 2 is 2.23 bits per heavy atom. The minimum absolute atomic E-state index is 1.01. The van der Waals surface area contributed by atoms with E-state index in [1.807, 2.05) is 6.07 Å². The summed E-state index contributed by atoms with van der Waals surface area (Å²) >= 11 is 3.46. The Labute approximate surface area is 87.7 Å². The molecule has 0 amide bonds. The van der Waals surface area contributed by atoms with Gasteiger partial charge in [-0.05, 0) is 30.5 Å². The molecule has 2 rings (SSSR count). The summed E-state index contributed by atoms with van der Waals surface area (Å²) in [6.07, 6.45) is 4.22. The molecule has 0 radical (unpaired) electrons. The van der Waals surface area contributed by atoms with Crippen LogP contribution in [0.4, 0.5) is 5.69 Å². The summed E-state index contributed by atoms with van der Waals surface area (Å²) in [7, 11) is 0. The van der Waals surface area contributed by atoms with E-state index in [2.05, 4.69) is 39.4 Å². The molecule has 0 atom stereocenters. The van der Waals surface area contributed by atoms with Crippen LogP contribution in [0.15, 0.2) is 28.7 Å². The van der Waals surface area contributed by atoms with Crippen LogP contribution in [0.1, 0.15) is 19.3 Å². The fraction of sp³-hybridized carbons (Fsp3) is 0.455. The van der Waals surface area contributed by atoms with Crippen LogP contribution in [0, 0.1) is 5.92 Å². The molecule has 0 saturated heterocycles. The molecular weight excluding hydrogens is 226 g/mol. The summed E-state index contributed by atoms with van der Waals surface area (Å²) in [5.74, 6) is 1.01. The normalized spacial score (nSPS) is 15.8. The van der Waals surface area contributed by atoms with Crippen LogP contribution in [0.5, 0.6) is 0 Å². The molecule has 70 valence electrons. The minimum atomic E-state index is 1.01. The zero-order valence-corrected chi connectivity index (χ0v) is 9.18. The van der Waals surface area contributed by atoms with E-state index in [1.165, 1.54) is 24.9 Å². The monoisotopic (exact) mass is 239 g/mol. The Balaban J connectivity index is 1.79. The van der Waals surface area contributed by atoms with Crippen molar-refractivity contribution in [2.24, 2.45) is 5.92 Å². The smallest absolute Gasteiger partial charge is 0.0351 e. The molecule has 1 N–H and O–H groups in total. The molecule has 1 fully saturated rings. The van der Waals surface area contributed by atoms with Crippen molar-refractivity contribution in [1.82, 2.24) is 0 Å². The lowest BCUT2D eigenvalue weighted by Crippen LogP contribution is -2.01. The summed E-state index contributed by atoms with van der Waals surface area (Å²) in [6, 6.07) is 8.33. The van der Waals surface area contributed by atoms with E-state index >= 15 is 0 Å². The first-order valence-electron chi connectivity index (χ1n) is 4.84. The van der Waals surface area contributed by atoms with Gasteiger partial charge in [0.15, 0.2) is 0 Å². The predicted octanol–water partition coefficient (Wildman–Crippen LogP) is 3.66. The van der Waals surface area contributed by atoms with E-state index in [-0.39, 0.29) is 0 Å². The van der Waals surface area contributed by atoms with Gasteiger partial charge in [-0.2, -0.15) is 0 Å². The van der Waals surface area contributed by atoms with E-state index in [9.17, 15) is 0 Å². The summed E-state index contributed by atoms with van der Waals surface area (Å²) in [6.45, 7) is 1.11. The number of halogens is 1. The Morgan fingerprint density at radius 3 is 2.92 bits per heavy atom. The number of rotatable bonds is 4. The van der Waals surface area contributed by atoms with Gasteiger partial charge in [0, 0.05) is 16.7 Å². The number of benzene rings is 1. The standard InChI is InChI=1S/C11H14BrN/c12-10-2-1-3-11(8-10)13-7-6-9-4-5-9/h1-3,8-9,13H,4-7H2. The molecule has 1 aromatic carbocycles. The van der Waals surface area contributed by atoms with Gasteiger partial charge in [0.05, 0.1) is 0 Å². The second kappa shape index (κ2) is 4.14. The zero-order valence-electron chi connectivity index (χ0n) is 7.59. The molecule has 1 aliphatic rings. The van der Waals surface area contributed by atoms with Crippen LogP contribution >= 0.6 is 15.9 Å². The van der Waals surface area contributed by atoms with Crippen molar-refractivity contribution < 1.29 is 0 Å². The van der Waals surface area contributed by atoms with Gasteiger partial charge in [0.1, 0.15) is 0 Å². The topological polar surface area (TPSA) is 12.0 Å². The van der Waals surface area contributed by atoms with Crippen molar-refractivity contribution in [1.29, 1.82) is 0 Å². The highest BCUT2D eigenvalue weighted by Crippen LogP contribution is 2.32. The highest BCUT2D eigenvalue weighted by atomic mass is 79.9. The van der Waals surface area contributed by atoms with Crippen molar-refractivity contribution in [3.63, 3.8) is 0 Å². The van der Waals surface area contributed by atoms with Crippen molar-refractivity contribution in [3.05, 3.63) is 28.7 Å². The maximum absolute atomic E-state index is 3.46. The highest BCUT2D eigenvalue weighted by molar-refractivity contribution is 9.10. The van der Waals surface area contributed by atoms with Crippen LogP contribution in [-0.4, -0.2) is 6.54 Å². The molecule has 0 aromatic heterocycles. The largest absolute Gasteiger partial charge is 0.385 e. The molecular formula is C11H14BrN. The zero-order chi connectivity index (χ0) is 9.10. The summed E-state index contributed by atoms with van der Waals surface area (Å²) < 4.78 is 1.14. The van der Waals surface area contributed by atoms with Gasteiger partial charge in [-0.3, -0.25) is 0 Å². The fourth-order valence-electron chi connectivity index (χ4n) is 1.43. The molecule has 0 heterocycles. The first-order valence-corrected chi connectivity index (χ1v) is 5.63. The maximum Gasteiger partial charge on any atom is 0.0351 e. The molecule has 0 bridgehead atoms. The summed E-state index contributed by atoms with van der Waals surface area (Å²) in [5.41, 5.74) is 1.22. The van der Waals surface area contributed by atoms with E-state index in [0.717, 1.165) is 16.9 Å². The van der Waals surface area contributed by atoms with Crippen LogP contribution in [0.2, 0.25) is 0 Å². The molecule has 0 spiro atoms. The van der Waals surface area contributed by atoms with Crippen LogP contribution < -0.4 is 5.32 Å². The minimum Gasteiger partial charge on any atom is -0.385 e. The Morgan fingerprint density at radius 1 is 1.38 bits per heavy atom. The van der Waals surface area contributed by atoms with Crippen LogP contribution in [0.3, 0.4) is 0 Å². The number of anilines is 1. The van der Waals surface area contributed by atoms with E-state index < -0.39 is 0 Å². The molecule has 1 saturated carbocycles. The Kier molecular flexibility index (Phi) is 2.89. The van der Waals surface area contributed by atoms with Crippen molar-refractivity contribution in [3.8, 4) is 0 Å². The molecule has 1 aliphatic carbocycles. The van der Waals surface area contributed by atoms with E-state index in [4.69, 9.17) is 0 Å². The SMILES string of the molecule is Brc1cccc(NCCC2CC2)c1.